The number of benzene rings is 7. The Kier molecular flexibility index (Phi) is 6.47. The fraction of sp³-hybridized carbons (Fsp3) is 0. The molecule has 8 nitrogen and oxygen atoms in total. The van der Waals surface area contributed by atoms with Crippen LogP contribution in [0, 0.1) is 0 Å². The third-order valence-electron chi connectivity index (χ3n) is 10.7. The number of hydrogen-bond acceptors (Lipinski definition) is 5. The van der Waals surface area contributed by atoms with Crippen molar-refractivity contribution in [3.63, 3.8) is 0 Å². The van der Waals surface area contributed by atoms with Crippen LogP contribution in [0.4, 0.5) is 0 Å². The molecule has 0 spiro atoms. The number of fused-ring (bicyclic) bond motifs is 10. The highest BCUT2D eigenvalue weighted by molar-refractivity contribution is 6.11. The summed E-state index contributed by atoms with van der Waals surface area (Å²) >= 11 is 0. The van der Waals surface area contributed by atoms with Crippen molar-refractivity contribution < 1.29 is 4.42 Å². The van der Waals surface area contributed by atoms with E-state index in [0.717, 1.165) is 61.0 Å². The van der Waals surface area contributed by atoms with Crippen molar-refractivity contribution >= 4 is 60.8 Å². The van der Waals surface area contributed by atoms with Crippen LogP contribution in [0.3, 0.4) is 0 Å². The fourth-order valence-electron chi connectivity index (χ4n) is 8.21. The van der Waals surface area contributed by atoms with Gasteiger partial charge in [-0.25, -0.2) is 9.55 Å². The first-order chi connectivity index (χ1) is 27.8. The minimum atomic E-state index is 0.470. The minimum absolute atomic E-state index is 0.470. The van der Waals surface area contributed by atoms with Crippen molar-refractivity contribution in [2.75, 3.05) is 0 Å². The maximum atomic E-state index is 6.36. The van der Waals surface area contributed by atoms with Gasteiger partial charge in [-0.05, 0) is 65.7 Å². The van der Waals surface area contributed by atoms with E-state index in [1.807, 2.05) is 83.4 Å². The first-order valence-electron chi connectivity index (χ1n) is 18.6. The topological polar surface area (TPSA) is 79.0 Å². The van der Waals surface area contributed by atoms with Gasteiger partial charge in [-0.3, -0.25) is 4.40 Å². The smallest absolute Gasteiger partial charge is 0.248 e. The molecule has 5 heterocycles. The molecule has 7 aromatic carbocycles. The molecule has 56 heavy (non-hydrogen) atoms. The van der Waals surface area contributed by atoms with E-state index < -0.39 is 0 Å². The number of rotatable bonds is 5. The Morgan fingerprint density at radius 2 is 0.982 bits per heavy atom. The number of aromatic nitrogens is 7. The molecule has 0 amide bonds. The summed E-state index contributed by atoms with van der Waals surface area (Å²) in [6.07, 6.45) is 0. The van der Waals surface area contributed by atoms with Crippen LogP contribution >= 0.6 is 0 Å². The number of imidazole rings is 2. The van der Waals surface area contributed by atoms with E-state index in [2.05, 4.69) is 106 Å². The summed E-state index contributed by atoms with van der Waals surface area (Å²) in [5.41, 5.74) is 11.6. The molecule has 0 atom stereocenters. The SMILES string of the molecule is c1ccc(-c2nc(-c3ccccc3)nc(-n3c4ccc(-c5ccc6c(c5)c5ccccc5n6-c5ccccc5)cc4n4c5c(nc34)oc3ccccc35)n2)cc1. The van der Waals surface area contributed by atoms with E-state index in [1.165, 1.54) is 16.3 Å². The predicted octanol–water partition coefficient (Wildman–Crippen LogP) is 11.5. The fourth-order valence-corrected chi connectivity index (χ4v) is 8.21. The molecule has 262 valence electrons. The number of para-hydroxylation sites is 3. The zero-order chi connectivity index (χ0) is 36.7. The van der Waals surface area contributed by atoms with Crippen LogP contribution in [0.15, 0.2) is 180 Å². The van der Waals surface area contributed by atoms with E-state index >= 15 is 0 Å². The monoisotopic (exact) mass is 719 g/mol. The molecular weight excluding hydrogens is 691 g/mol. The standard InChI is InChI=1S/C48H29N7O/c1-4-14-30(15-5-1)44-49-45(31-16-6-2-7-17-31)51-47(50-44)55-40-27-25-33(29-41(40)54-43-36-21-11-13-23-42(36)56-46(43)52-48(54)55)32-24-26-39-37(28-32)35-20-10-12-22-38(35)53(39)34-18-8-3-9-19-34/h1-29H. The van der Waals surface area contributed by atoms with Gasteiger partial charge in [0.2, 0.25) is 17.4 Å². The number of hydrogen-bond donors (Lipinski definition) is 0. The normalized spacial score (nSPS) is 11.9. The van der Waals surface area contributed by atoms with E-state index in [4.69, 9.17) is 24.4 Å². The van der Waals surface area contributed by atoms with Crippen LogP contribution in [0.25, 0.3) is 106 Å². The molecule has 8 heteroatoms. The van der Waals surface area contributed by atoms with Gasteiger partial charge in [0, 0.05) is 33.0 Å². The molecule has 12 aromatic rings. The van der Waals surface area contributed by atoms with Crippen LogP contribution in [0.2, 0.25) is 0 Å². The van der Waals surface area contributed by atoms with Crippen LogP contribution in [0.5, 0.6) is 0 Å². The quantitative estimate of drug-likeness (QED) is 0.177. The highest BCUT2D eigenvalue weighted by Crippen LogP contribution is 2.39. The second-order valence-corrected chi connectivity index (χ2v) is 14.0. The molecule has 5 aromatic heterocycles. The zero-order valence-electron chi connectivity index (χ0n) is 29.8. The van der Waals surface area contributed by atoms with Crippen molar-refractivity contribution in [1.82, 2.24) is 33.5 Å². The van der Waals surface area contributed by atoms with Gasteiger partial charge < -0.3 is 8.98 Å². The predicted molar refractivity (Wildman–Crippen MR) is 223 cm³/mol. The molecule has 0 aliphatic rings. The summed E-state index contributed by atoms with van der Waals surface area (Å²) in [5, 5.41) is 3.39. The summed E-state index contributed by atoms with van der Waals surface area (Å²) in [4.78, 5) is 20.3. The summed E-state index contributed by atoms with van der Waals surface area (Å²) < 4.78 is 12.9. The van der Waals surface area contributed by atoms with Crippen LogP contribution in [-0.4, -0.2) is 33.5 Å². The largest absolute Gasteiger partial charge is 0.436 e. The maximum absolute atomic E-state index is 6.36. The Balaban J connectivity index is 1.13. The molecule has 0 saturated carbocycles. The van der Waals surface area contributed by atoms with Crippen LogP contribution < -0.4 is 0 Å². The van der Waals surface area contributed by atoms with E-state index in [1.54, 1.807) is 0 Å². The zero-order valence-corrected chi connectivity index (χ0v) is 29.8. The Hall–Kier alpha value is -7.84. The van der Waals surface area contributed by atoms with Crippen LogP contribution in [-0.2, 0) is 0 Å². The summed E-state index contributed by atoms with van der Waals surface area (Å²) in [7, 11) is 0. The van der Waals surface area contributed by atoms with Crippen molar-refractivity contribution in [3.8, 4) is 45.5 Å². The molecule has 0 aliphatic carbocycles. The highest BCUT2D eigenvalue weighted by Gasteiger charge is 2.25. The van der Waals surface area contributed by atoms with Crippen molar-refractivity contribution in [2.24, 2.45) is 0 Å². The van der Waals surface area contributed by atoms with Crippen molar-refractivity contribution in [1.29, 1.82) is 0 Å². The Labute approximate surface area is 319 Å². The lowest BCUT2D eigenvalue weighted by molar-refractivity contribution is 0.656. The molecular formula is C48H29N7O. The first-order valence-corrected chi connectivity index (χ1v) is 18.6. The summed E-state index contributed by atoms with van der Waals surface area (Å²) in [6.45, 7) is 0. The molecule has 12 rings (SSSR count). The van der Waals surface area contributed by atoms with Gasteiger partial charge in [-0.2, -0.15) is 15.0 Å². The summed E-state index contributed by atoms with van der Waals surface area (Å²) in [6, 6.07) is 60.7. The molecule has 0 saturated heterocycles. The second-order valence-electron chi connectivity index (χ2n) is 14.0. The van der Waals surface area contributed by atoms with E-state index in [-0.39, 0.29) is 0 Å². The lowest BCUT2D eigenvalue weighted by Crippen LogP contribution is -2.07. The molecule has 0 unspecified atom stereocenters. The maximum Gasteiger partial charge on any atom is 0.248 e. The average Bonchev–Trinajstić information content (AvgIpc) is 3.99. The van der Waals surface area contributed by atoms with Gasteiger partial charge in [0.15, 0.2) is 11.6 Å². The Bertz CT molecular complexity index is 3410. The molecule has 0 aliphatic heterocycles. The van der Waals surface area contributed by atoms with Gasteiger partial charge >= 0.3 is 0 Å². The van der Waals surface area contributed by atoms with Gasteiger partial charge in [0.1, 0.15) is 11.1 Å². The van der Waals surface area contributed by atoms with E-state index in [9.17, 15) is 0 Å². The van der Waals surface area contributed by atoms with Crippen LogP contribution in [0.1, 0.15) is 0 Å². The van der Waals surface area contributed by atoms with Gasteiger partial charge in [0.25, 0.3) is 0 Å². The van der Waals surface area contributed by atoms with Gasteiger partial charge in [0.05, 0.1) is 22.1 Å². The lowest BCUT2D eigenvalue weighted by Gasteiger charge is -2.10. The Morgan fingerprint density at radius 3 is 1.71 bits per heavy atom. The van der Waals surface area contributed by atoms with Gasteiger partial charge in [-0.15, -0.1) is 0 Å². The molecule has 0 radical (unpaired) electrons. The van der Waals surface area contributed by atoms with Crippen molar-refractivity contribution in [3.05, 3.63) is 176 Å². The summed E-state index contributed by atoms with van der Waals surface area (Å²) in [5.74, 6) is 2.28. The Morgan fingerprint density at radius 1 is 0.393 bits per heavy atom. The van der Waals surface area contributed by atoms with E-state index in [0.29, 0.717) is 29.1 Å². The second kappa shape index (κ2) is 11.8. The third-order valence-corrected chi connectivity index (χ3v) is 10.7. The van der Waals surface area contributed by atoms with Gasteiger partial charge in [-0.1, -0.05) is 121 Å². The average molecular weight is 720 g/mol. The molecule has 0 fully saturated rings. The van der Waals surface area contributed by atoms with Crippen molar-refractivity contribution in [2.45, 2.75) is 0 Å². The molecule has 0 bridgehead atoms. The molecule has 0 N–H and O–H groups in total. The number of furan rings is 1. The lowest BCUT2D eigenvalue weighted by atomic mass is 10.0. The first kappa shape index (κ1) is 30.6. The minimum Gasteiger partial charge on any atom is -0.436 e. The third kappa shape index (κ3) is 4.53. The number of nitrogens with zero attached hydrogens (tertiary/aromatic N) is 7. The highest BCUT2D eigenvalue weighted by atomic mass is 16.3.